The number of carbonyl (C=O) groups is 2. The molecule has 0 atom stereocenters. The lowest BCUT2D eigenvalue weighted by Gasteiger charge is -1.95. The van der Waals surface area contributed by atoms with Gasteiger partial charge in [0, 0.05) is 6.42 Å². The van der Waals surface area contributed by atoms with Crippen LogP contribution in [0.5, 0.6) is 0 Å². The second-order valence-corrected chi connectivity index (χ2v) is 2.02. The van der Waals surface area contributed by atoms with E-state index in [1.165, 1.54) is 6.08 Å². The molecule has 0 spiro atoms. The summed E-state index contributed by atoms with van der Waals surface area (Å²) < 4.78 is 0. The van der Waals surface area contributed by atoms with Gasteiger partial charge in [-0.25, -0.2) is 0 Å². The van der Waals surface area contributed by atoms with E-state index in [9.17, 15) is 9.59 Å². The molecule has 0 saturated carbocycles. The van der Waals surface area contributed by atoms with Crippen LogP contribution in [-0.4, -0.2) is 11.6 Å². The molecule has 0 aromatic rings. The van der Waals surface area contributed by atoms with Crippen molar-refractivity contribution in [2.75, 3.05) is 0 Å². The molecule has 0 saturated heterocycles. The largest absolute Gasteiger partial charge is 0.295 e. The summed E-state index contributed by atoms with van der Waals surface area (Å²) in [5.74, 6) is -0.495. The van der Waals surface area contributed by atoms with Crippen molar-refractivity contribution >= 4 is 11.6 Å². The maximum Gasteiger partial charge on any atom is 0.181 e. The first-order valence-electron chi connectivity index (χ1n) is 3.11. The maximum absolute atomic E-state index is 10.8. The average Bonchev–Trinajstić information content (AvgIpc) is 2.02. The van der Waals surface area contributed by atoms with Gasteiger partial charge in [-0.05, 0) is 17.7 Å². The summed E-state index contributed by atoms with van der Waals surface area (Å²) in [6, 6.07) is 0. The van der Waals surface area contributed by atoms with E-state index in [4.69, 9.17) is 0 Å². The molecule has 0 N–H and O–H groups in total. The molecule has 2 heteroatoms. The van der Waals surface area contributed by atoms with Crippen molar-refractivity contribution in [2.24, 2.45) is 0 Å². The minimum absolute atomic E-state index is 0.0361. The van der Waals surface area contributed by atoms with Crippen molar-refractivity contribution in [3.05, 3.63) is 37.5 Å². The lowest BCUT2D eigenvalue weighted by Crippen LogP contribution is -2.02. The Morgan fingerprint density at radius 2 is 1.73 bits per heavy atom. The van der Waals surface area contributed by atoms with E-state index in [1.807, 2.05) is 0 Å². The van der Waals surface area contributed by atoms with Crippen molar-refractivity contribution in [3.8, 4) is 0 Å². The van der Waals surface area contributed by atoms with Crippen LogP contribution >= 0.6 is 0 Å². The molecule has 0 aromatic carbocycles. The fraction of sp³-hybridized carbons (Fsp3) is 0.111. The van der Waals surface area contributed by atoms with Crippen molar-refractivity contribution in [2.45, 2.75) is 6.42 Å². The minimum atomic E-state index is -0.291. The molecule has 0 heterocycles. The van der Waals surface area contributed by atoms with Gasteiger partial charge in [0.1, 0.15) is 0 Å². The van der Waals surface area contributed by atoms with Crippen molar-refractivity contribution in [1.82, 2.24) is 0 Å². The predicted molar refractivity (Wildman–Crippen MR) is 44.2 cm³/mol. The van der Waals surface area contributed by atoms with Crippen molar-refractivity contribution in [1.29, 1.82) is 0 Å². The van der Waals surface area contributed by atoms with E-state index in [1.54, 1.807) is 0 Å². The van der Waals surface area contributed by atoms with Gasteiger partial charge in [-0.2, -0.15) is 0 Å². The maximum atomic E-state index is 10.8. The zero-order valence-electron chi connectivity index (χ0n) is 6.30. The Labute approximate surface area is 65.9 Å². The highest BCUT2D eigenvalue weighted by Gasteiger charge is 2.05. The van der Waals surface area contributed by atoms with E-state index < -0.39 is 0 Å². The smallest absolute Gasteiger partial charge is 0.181 e. The normalized spacial score (nSPS) is 8.36. The Morgan fingerprint density at radius 1 is 1.18 bits per heavy atom. The number of rotatable bonds is 5. The van der Waals surface area contributed by atoms with Crippen LogP contribution in [0.3, 0.4) is 0 Å². The highest BCUT2D eigenvalue weighted by atomic mass is 16.1. The molecule has 0 fully saturated rings. The summed E-state index contributed by atoms with van der Waals surface area (Å²) in [4.78, 5) is 21.4. The summed E-state index contributed by atoms with van der Waals surface area (Å²) in [5.41, 5.74) is 0.255. The summed E-state index contributed by atoms with van der Waals surface area (Å²) in [7, 11) is 0. The van der Waals surface area contributed by atoms with Gasteiger partial charge in [-0.3, -0.25) is 9.59 Å². The number of hydrogen-bond acceptors (Lipinski definition) is 2. The Hall–Kier alpha value is -1.44. The van der Waals surface area contributed by atoms with Crippen molar-refractivity contribution in [3.63, 3.8) is 0 Å². The van der Waals surface area contributed by atoms with Gasteiger partial charge >= 0.3 is 0 Å². The van der Waals surface area contributed by atoms with Crippen LogP contribution in [-0.2, 0) is 9.59 Å². The van der Waals surface area contributed by atoms with Crippen LogP contribution in [0, 0.1) is 0 Å². The second-order valence-electron chi connectivity index (χ2n) is 2.02. The molecule has 0 aliphatic heterocycles. The van der Waals surface area contributed by atoms with Crippen LogP contribution in [0.4, 0.5) is 0 Å². The molecule has 0 unspecified atom stereocenters. The van der Waals surface area contributed by atoms with Gasteiger partial charge < -0.3 is 0 Å². The Morgan fingerprint density at radius 3 is 2.09 bits per heavy atom. The highest BCUT2D eigenvalue weighted by Crippen LogP contribution is 2.01. The first-order valence-corrected chi connectivity index (χ1v) is 3.11. The van der Waals surface area contributed by atoms with Crippen LogP contribution < -0.4 is 0 Å². The van der Waals surface area contributed by atoms with Gasteiger partial charge in [0.25, 0.3) is 0 Å². The Kier molecular flexibility index (Phi) is 3.81. The zero-order chi connectivity index (χ0) is 8.85. The number of carbonyl (C=O) groups excluding carboxylic acids is 2. The van der Waals surface area contributed by atoms with E-state index in [-0.39, 0.29) is 23.6 Å². The zero-order valence-corrected chi connectivity index (χ0v) is 6.30. The van der Waals surface area contributed by atoms with Crippen LogP contribution in [0.25, 0.3) is 0 Å². The summed E-state index contributed by atoms with van der Waals surface area (Å²) in [6.07, 6.45) is 2.34. The molecular weight excluding hydrogens is 140 g/mol. The first kappa shape index (κ1) is 9.56. The van der Waals surface area contributed by atoms with Crippen LogP contribution in [0.1, 0.15) is 6.42 Å². The molecule has 58 valence electrons. The Bertz CT molecular complexity index is 224. The third-order valence-corrected chi connectivity index (χ3v) is 1.15. The predicted octanol–water partition coefficient (Wildman–Crippen LogP) is 1.44. The van der Waals surface area contributed by atoms with Gasteiger partial charge in [-0.1, -0.05) is 19.7 Å². The fourth-order valence-corrected chi connectivity index (χ4v) is 0.514. The molecule has 0 radical (unpaired) electrons. The molecule has 11 heavy (non-hydrogen) atoms. The monoisotopic (exact) mass is 150 g/mol. The van der Waals surface area contributed by atoms with Gasteiger partial charge in [0.15, 0.2) is 11.6 Å². The quantitative estimate of drug-likeness (QED) is 0.556. The lowest BCUT2D eigenvalue weighted by molar-refractivity contribution is -0.116. The summed E-state index contributed by atoms with van der Waals surface area (Å²) in [5, 5.41) is 0. The number of ketones is 2. The van der Waals surface area contributed by atoms with Gasteiger partial charge in [0.2, 0.25) is 0 Å². The second kappa shape index (κ2) is 4.39. The molecule has 0 aliphatic carbocycles. The van der Waals surface area contributed by atoms with Crippen LogP contribution in [0.2, 0.25) is 0 Å². The molecule has 0 aromatic heterocycles. The minimum Gasteiger partial charge on any atom is -0.295 e. The van der Waals surface area contributed by atoms with Gasteiger partial charge in [0.05, 0.1) is 0 Å². The topological polar surface area (TPSA) is 34.1 Å². The fourth-order valence-electron chi connectivity index (χ4n) is 0.514. The molecular formula is C9H10O2. The average molecular weight is 150 g/mol. The lowest BCUT2D eigenvalue weighted by atomic mass is 10.1. The molecule has 2 nitrogen and oxygen atoms in total. The molecule has 0 bridgehead atoms. The van der Waals surface area contributed by atoms with E-state index >= 15 is 0 Å². The third-order valence-electron chi connectivity index (χ3n) is 1.15. The molecule has 0 aliphatic rings. The van der Waals surface area contributed by atoms with Crippen LogP contribution in [0.15, 0.2) is 37.5 Å². The molecule has 0 rings (SSSR count). The van der Waals surface area contributed by atoms with E-state index in [2.05, 4.69) is 19.7 Å². The summed E-state index contributed by atoms with van der Waals surface area (Å²) >= 11 is 0. The molecule has 0 amide bonds. The SMILES string of the molecule is C=CC(=O)CC(=C)C(=O)C=C. The first-order chi connectivity index (χ1) is 5.11. The summed E-state index contributed by atoms with van der Waals surface area (Å²) in [6.45, 7) is 9.96. The number of allylic oxidation sites excluding steroid dienone is 3. The van der Waals surface area contributed by atoms with Crippen molar-refractivity contribution < 1.29 is 9.59 Å². The number of hydrogen-bond donors (Lipinski definition) is 0. The Balaban J connectivity index is 4.07. The highest BCUT2D eigenvalue weighted by molar-refractivity contribution is 6.07. The third kappa shape index (κ3) is 3.30. The standard InChI is InChI=1S/C9H10O2/c1-4-8(10)6-7(3)9(11)5-2/h4-5H,1-3,6H2. The van der Waals surface area contributed by atoms with E-state index in [0.717, 1.165) is 6.08 Å². The van der Waals surface area contributed by atoms with E-state index in [0.29, 0.717) is 0 Å². The van der Waals surface area contributed by atoms with Gasteiger partial charge in [-0.15, -0.1) is 0 Å².